The molecule has 0 spiro atoms. The second-order valence-electron chi connectivity index (χ2n) is 4.38. The molecule has 76 valence electrons. The lowest BCUT2D eigenvalue weighted by Gasteiger charge is -2.18. The molecule has 0 amide bonds. The van der Waals surface area contributed by atoms with Gasteiger partial charge in [0.1, 0.15) is 0 Å². The minimum absolute atomic E-state index is 0.0668. The number of hydrogen-bond acceptors (Lipinski definition) is 1. The van der Waals surface area contributed by atoms with Crippen molar-refractivity contribution in [2.24, 2.45) is 0 Å². The Hall–Kier alpha value is -1.18. The summed E-state index contributed by atoms with van der Waals surface area (Å²) in [5, 5.41) is 0. The van der Waals surface area contributed by atoms with Crippen LogP contribution in [-0.2, 0) is 5.41 Å². The highest BCUT2D eigenvalue weighted by Crippen LogP contribution is 2.22. The first-order valence-corrected chi connectivity index (χ1v) is 4.65. The van der Waals surface area contributed by atoms with E-state index in [2.05, 4.69) is 20.8 Å². The fraction of sp³-hybridized carbons (Fsp3) is 0.417. The van der Waals surface area contributed by atoms with Gasteiger partial charge in [0.2, 0.25) is 0 Å². The van der Waals surface area contributed by atoms with Gasteiger partial charge in [0.15, 0.2) is 12.5 Å². The summed E-state index contributed by atoms with van der Waals surface area (Å²) in [6.07, 6.45) is 0. The summed E-state index contributed by atoms with van der Waals surface area (Å²) >= 11 is 0. The molecule has 1 aromatic carbocycles. The maximum absolute atomic E-state index is 12.1. The maximum Gasteiger partial charge on any atom is 0.193 e. The van der Waals surface area contributed by atoms with Gasteiger partial charge in [-0.2, -0.15) is 0 Å². The fourth-order valence-electron chi connectivity index (χ4n) is 1.23. The molecule has 0 bridgehead atoms. The molecule has 0 aliphatic rings. The standard InChI is InChI=1S/C12H15FO/c1-12(2,3)10-6-4-9(5-7-10)11(14)8-13/h4-7H,8H2,1-3H3. The van der Waals surface area contributed by atoms with Gasteiger partial charge in [-0.3, -0.25) is 4.79 Å². The molecule has 0 aliphatic heterocycles. The van der Waals surface area contributed by atoms with Gasteiger partial charge < -0.3 is 0 Å². The first-order valence-electron chi connectivity index (χ1n) is 4.65. The van der Waals surface area contributed by atoms with Crippen molar-refractivity contribution in [3.63, 3.8) is 0 Å². The topological polar surface area (TPSA) is 17.1 Å². The van der Waals surface area contributed by atoms with Crippen LogP contribution in [0, 0.1) is 0 Å². The van der Waals surface area contributed by atoms with Gasteiger partial charge in [0, 0.05) is 5.56 Å². The van der Waals surface area contributed by atoms with Gasteiger partial charge in [-0.1, -0.05) is 45.0 Å². The van der Waals surface area contributed by atoms with Crippen LogP contribution < -0.4 is 0 Å². The molecule has 0 radical (unpaired) electrons. The molecule has 0 aliphatic carbocycles. The monoisotopic (exact) mass is 194 g/mol. The van der Waals surface area contributed by atoms with E-state index in [1.807, 2.05) is 12.1 Å². The summed E-state index contributed by atoms with van der Waals surface area (Å²) in [6, 6.07) is 7.12. The van der Waals surface area contributed by atoms with Gasteiger partial charge in [-0.25, -0.2) is 4.39 Å². The molecule has 14 heavy (non-hydrogen) atoms. The molecule has 0 fully saturated rings. The van der Waals surface area contributed by atoms with E-state index in [9.17, 15) is 9.18 Å². The molecule has 0 unspecified atom stereocenters. The average Bonchev–Trinajstić information content (AvgIpc) is 2.15. The van der Waals surface area contributed by atoms with E-state index in [1.54, 1.807) is 12.1 Å². The first-order chi connectivity index (χ1) is 6.45. The molecule has 0 saturated carbocycles. The number of alkyl halides is 1. The van der Waals surface area contributed by atoms with Crippen molar-refractivity contribution in [3.05, 3.63) is 35.4 Å². The van der Waals surface area contributed by atoms with Gasteiger partial charge in [-0.15, -0.1) is 0 Å². The lowest BCUT2D eigenvalue weighted by atomic mass is 9.86. The molecule has 1 nitrogen and oxygen atoms in total. The van der Waals surface area contributed by atoms with E-state index in [-0.39, 0.29) is 5.41 Å². The second kappa shape index (κ2) is 3.91. The van der Waals surface area contributed by atoms with Crippen LogP contribution in [0.4, 0.5) is 4.39 Å². The first kappa shape index (κ1) is 10.9. The number of rotatable bonds is 2. The minimum Gasteiger partial charge on any atom is -0.291 e. The van der Waals surface area contributed by atoms with Crippen molar-refractivity contribution in [2.45, 2.75) is 26.2 Å². The lowest BCUT2D eigenvalue weighted by molar-refractivity contribution is 0.0958. The molecule has 1 rings (SSSR count). The molecular weight excluding hydrogens is 179 g/mol. The zero-order valence-corrected chi connectivity index (χ0v) is 8.80. The zero-order chi connectivity index (χ0) is 10.8. The van der Waals surface area contributed by atoms with Crippen LogP contribution in [0.2, 0.25) is 0 Å². The van der Waals surface area contributed by atoms with Crippen molar-refractivity contribution >= 4 is 5.78 Å². The number of hydrogen-bond donors (Lipinski definition) is 0. The molecule has 1 aromatic rings. The van der Waals surface area contributed by atoms with Crippen molar-refractivity contribution in [1.82, 2.24) is 0 Å². The number of carbonyl (C=O) groups excluding carboxylic acids is 1. The second-order valence-corrected chi connectivity index (χ2v) is 4.38. The summed E-state index contributed by atoms with van der Waals surface area (Å²) in [5.74, 6) is -0.453. The maximum atomic E-state index is 12.1. The Labute approximate surface area is 83.9 Å². The van der Waals surface area contributed by atoms with Crippen molar-refractivity contribution in [1.29, 1.82) is 0 Å². The summed E-state index contributed by atoms with van der Waals surface area (Å²) < 4.78 is 12.1. The summed E-state index contributed by atoms with van der Waals surface area (Å²) in [4.78, 5) is 11.0. The van der Waals surface area contributed by atoms with Gasteiger partial charge in [0.25, 0.3) is 0 Å². The number of Topliss-reactive ketones (excluding diaryl/α,β-unsaturated/α-hetero) is 1. The Morgan fingerprint density at radius 1 is 1.21 bits per heavy atom. The number of ketones is 1. The molecule has 0 atom stereocenters. The third kappa shape index (κ3) is 2.41. The largest absolute Gasteiger partial charge is 0.291 e. The highest BCUT2D eigenvalue weighted by Gasteiger charge is 2.13. The quantitative estimate of drug-likeness (QED) is 0.661. The molecular formula is C12H15FO. The van der Waals surface area contributed by atoms with E-state index in [4.69, 9.17) is 0 Å². The number of carbonyl (C=O) groups is 1. The molecule has 0 heterocycles. The minimum atomic E-state index is -0.922. The van der Waals surface area contributed by atoms with Crippen LogP contribution in [-0.4, -0.2) is 12.5 Å². The molecule has 0 N–H and O–H groups in total. The molecule has 2 heteroatoms. The Kier molecular flexibility index (Phi) is 3.04. The number of halogens is 1. The number of benzene rings is 1. The summed E-state index contributed by atoms with van der Waals surface area (Å²) in [6.45, 7) is 5.37. The van der Waals surface area contributed by atoms with Crippen molar-refractivity contribution in [3.8, 4) is 0 Å². The van der Waals surface area contributed by atoms with Crippen LogP contribution in [0.3, 0.4) is 0 Å². The third-order valence-electron chi connectivity index (χ3n) is 2.19. The van der Waals surface area contributed by atoms with E-state index < -0.39 is 12.5 Å². The summed E-state index contributed by atoms with van der Waals surface area (Å²) in [7, 11) is 0. The van der Waals surface area contributed by atoms with Crippen LogP contribution in [0.15, 0.2) is 24.3 Å². The van der Waals surface area contributed by atoms with Crippen LogP contribution >= 0.6 is 0 Å². The van der Waals surface area contributed by atoms with E-state index in [0.717, 1.165) is 5.56 Å². The Balaban J connectivity index is 2.95. The predicted molar refractivity (Wildman–Crippen MR) is 55.4 cm³/mol. The Morgan fingerprint density at radius 2 is 1.71 bits per heavy atom. The van der Waals surface area contributed by atoms with Crippen LogP contribution in [0.5, 0.6) is 0 Å². The van der Waals surface area contributed by atoms with E-state index in [1.165, 1.54) is 0 Å². The highest BCUT2D eigenvalue weighted by atomic mass is 19.1. The van der Waals surface area contributed by atoms with Gasteiger partial charge >= 0.3 is 0 Å². The average molecular weight is 194 g/mol. The van der Waals surface area contributed by atoms with Crippen LogP contribution in [0.1, 0.15) is 36.7 Å². The third-order valence-corrected chi connectivity index (χ3v) is 2.19. The van der Waals surface area contributed by atoms with Gasteiger partial charge in [0.05, 0.1) is 0 Å². The molecule has 0 saturated heterocycles. The molecule has 0 aromatic heterocycles. The van der Waals surface area contributed by atoms with Crippen molar-refractivity contribution < 1.29 is 9.18 Å². The van der Waals surface area contributed by atoms with Crippen LogP contribution in [0.25, 0.3) is 0 Å². The lowest BCUT2D eigenvalue weighted by Crippen LogP contribution is -2.11. The normalized spacial score (nSPS) is 11.4. The van der Waals surface area contributed by atoms with Crippen molar-refractivity contribution in [2.75, 3.05) is 6.67 Å². The van der Waals surface area contributed by atoms with Gasteiger partial charge in [-0.05, 0) is 11.0 Å². The zero-order valence-electron chi connectivity index (χ0n) is 8.80. The fourth-order valence-corrected chi connectivity index (χ4v) is 1.23. The highest BCUT2D eigenvalue weighted by molar-refractivity contribution is 5.96. The Morgan fingerprint density at radius 3 is 2.07 bits per heavy atom. The van der Waals surface area contributed by atoms with E-state index >= 15 is 0 Å². The van der Waals surface area contributed by atoms with E-state index in [0.29, 0.717) is 5.56 Å². The predicted octanol–water partition coefficient (Wildman–Crippen LogP) is 3.14. The smallest absolute Gasteiger partial charge is 0.193 e. The Bertz CT molecular complexity index is 319. The SMILES string of the molecule is CC(C)(C)c1ccc(C(=O)CF)cc1. The summed E-state index contributed by atoms with van der Waals surface area (Å²) in [5.41, 5.74) is 1.66.